The predicted molar refractivity (Wildman–Crippen MR) is 539 cm³/mol. The zero-order valence-electron chi connectivity index (χ0n) is 83.5. The molecule has 0 aliphatic heterocycles. The van der Waals surface area contributed by atoms with Crippen molar-refractivity contribution in [3.05, 3.63) is 269 Å². The van der Waals surface area contributed by atoms with Gasteiger partial charge >= 0.3 is 29.8 Å². The topological polar surface area (TPSA) is 224 Å². The lowest BCUT2D eigenvalue weighted by molar-refractivity contribution is 0.0724. The number of hydrogen-bond donors (Lipinski definition) is 0. The molecule has 0 aliphatic rings. The van der Waals surface area contributed by atoms with Gasteiger partial charge in [0.2, 0.25) is 0 Å². The molecule has 0 fully saturated rings. The molecule has 0 heterocycles. The van der Waals surface area contributed by atoms with Gasteiger partial charge in [-0.3, -0.25) is 0 Å². The highest BCUT2D eigenvalue weighted by atomic mass is 19.1. The first-order valence-electron chi connectivity index (χ1n) is 50.1. The van der Waals surface area contributed by atoms with E-state index in [1.165, 1.54) is 91.7 Å². The van der Waals surface area contributed by atoms with Crippen LogP contribution in [0.3, 0.4) is 0 Å². The Kier molecular flexibility index (Phi) is 58.6. The summed E-state index contributed by atoms with van der Waals surface area (Å²) in [5, 5.41) is 0. The molecule has 0 amide bonds. The number of rotatable bonds is 60. The second-order valence-corrected chi connectivity index (χ2v) is 33.0. The molecular formula is C115H145F5O20. The zero-order valence-corrected chi connectivity index (χ0v) is 83.5. The molecule has 0 N–H and O–H groups in total. The van der Waals surface area contributed by atoms with Crippen molar-refractivity contribution in [1.29, 1.82) is 0 Å². The van der Waals surface area contributed by atoms with E-state index in [2.05, 4.69) is 55.4 Å². The largest absolute Gasteiger partial charge is 0.494 e. The van der Waals surface area contributed by atoms with E-state index >= 15 is 0 Å². The van der Waals surface area contributed by atoms with Crippen molar-refractivity contribution in [3.8, 4) is 86.2 Å². The summed E-state index contributed by atoms with van der Waals surface area (Å²) in [6.45, 7) is 26.5. The third-order valence-electron chi connectivity index (χ3n) is 21.1. The molecular weight excluding hydrogens is 1800 g/mol. The molecule has 760 valence electrons. The Bertz CT molecular complexity index is 5110. The summed E-state index contributed by atoms with van der Waals surface area (Å²) in [6, 6.07) is 54.4. The molecule has 0 spiro atoms. The number of carbonyl (C=O) groups excluding carboxylic acids is 5. The van der Waals surface area contributed by atoms with Crippen LogP contribution in [0.15, 0.2) is 212 Å². The first-order valence-corrected chi connectivity index (χ1v) is 50.1. The van der Waals surface area contributed by atoms with Gasteiger partial charge in [-0.2, -0.15) is 0 Å². The van der Waals surface area contributed by atoms with Crippen LogP contribution >= 0.6 is 0 Å². The highest BCUT2D eigenvalue weighted by molar-refractivity contribution is 5.93. The van der Waals surface area contributed by atoms with E-state index in [1.54, 1.807) is 121 Å². The molecule has 20 nitrogen and oxygen atoms in total. The normalized spacial score (nSPS) is 10.5. The Morgan fingerprint density at radius 1 is 0.171 bits per heavy atom. The Morgan fingerprint density at radius 2 is 0.336 bits per heavy atom. The molecule has 0 bridgehead atoms. The fraction of sp³-hybridized carbons (Fsp3) is 0.435. The van der Waals surface area contributed by atoms with Gasteiger partial charge in [0.05, 0.1) is 93.9 Å². The van der Waals surface area contributed by atoms with Gasteiger partial charge in [-0.1, -0.05) is 197 Å². The van der Waals surface area contributed by atoms with Gasteiger partial charge in [-0.05, 0) is 247 Å². The minimum absolute atomic E-state index is 0.139. The van der Waals surface area contributed by atoms with Crippen LogP contribution in [0.5, 0.6) is 86.2 Å². The molecule has 0 saturated carbocycles. The van der Waals surface area contributed by atoms with Crippen molar-refractivity contribution in [1.82, 2.24) is 0 Å². The standard InChI is InChI=1S/C25H33FO4.C24H31FO4.C23H29FO4.C22H27FO4.C21H25FO4/c1-3-5-7-9-17-28-21-13-11-20(12-14-21)25(27)30-22-15-16-24(23(26)19-22)29-18-10-8-6-4-2;1-3-5-7-9-17-28-23-15-14-21(18-22(23)25)29-24(26)19-10-12-20(13-11-19)27-16-8-6-4-2;1-3-5-7-8-16-27-22-14-13-20(17-21(22)24)28-23(25)18-9-11-19(12-10-18)26-15-6-4-2;1-3-5-6-7-15-26-21-13-12-19(16-20(21)23)27-22(24)17-8-10-18(11-9-17)25-14-4-2;1-3-5-6-7-14-25-20-13-12-18(15-19(20)22)26-21(23)16-8-10-17(11-9-16)24-4-2/h11-16,19H,3-10,17-18H2,1-2H3;10-15,18H,3-9,16-17H2,1-2H3;9-14,17H,3-8,15-16H2,1-2H3;8-13,16H,3-7,14-15H2,1-2H3;8-13,15H,3-7,14H2,1-2H3. The summed E-state index contributed by atoms with van der Waals surface area (Å²) in [6.07, 6.45) is 32.0. The highest BCUT2D eigenvalue weighted by Crippen LogP contribution is 2.32. The second-order valence-electron chi connectivity index (χ2n) is 33.0. The zero-order chi connectivity index (χ0) is 101. The van der Waals surface area contributed by atoms with Gasteiger partial charge in [0.15, 0.2) is 57.8 Å². The predicted octanol–water partition coefficient (Wildman–Crippen LogP) is 30.9. The van der Waals surface area contributed by atoms with Gasteiger partial charge in [0, 0.05) is 30.3 Å². The maximum Gasteiger partial charge on any atom is 0.343 e. The van der Waals surface area contributed by atoms with Gasteiger partial charge < -0.3 is 71.1 Å². The maximum absolute atomic E-state index is 14.2. The fourth-order valence-electron chi connectivity index (χ4n) is 13.1. The van der Waals surface area contributed by atoms with Crippen LogP contribution in [0.4, 0.5) is 22.0 Å². The van der Waals surface area contributed by atoms with E-state index < -0.39 is 58.9 Å². The SMILES string of the molecule is CCCCCCOc1ccc(C(=O)Oc2ccc(OCCCCCC)c(F)c2)cc1.CCCCCCOc1ccc(OC(=O)c2ccc(OCC)cc2)cc1F.CCCCCCOc1ccc(OC(=O)c2ccc(OCCC)cc2)cc1F.CCCCCCOc1ccc(OC(=O)c2ccc(OCCCC)cc2)cc1F.CCCCCCOc1ccc(OC(=O)c2ccc(OCCCCC)cc2)cc1F. The van der Waals surface area contributed by atoms with Gasteiger partial charge in [0.25, 0.3) is 0 Å². The summed E-state index contributed by atoms with van der Waals surface area (Å²) in [5.74, 6) is -0.380. The summed E-state index contributed by atoms with van der Waals surface area (Å²) in [4.78, 5) is 61.2. The van der Waals surface area contributed by atoms with Crippen LogP contribution in [-0.4, -0.2) is 95.9 Å². The maximum atomic E-state index is 14.2. The van der Waals surface area contributed by atoms with Crippen molar-refractivity contribution in [2.24, 2.45) is 0 Å². The van der Waals surface area contributed by atoms with Crippen LogP contribution in [0.25, 0.3) is 0 Å². The van der Waals surface area contributed by atoms with Crippen LogP contribution < -0.4 is 71.1 Å². The summed E-state index contributed by atoms with van der Waals surface area (Å²) in [7, 11) is 0. The van der Waals surface area contributed by atoms with E-state index in [0.717, 1.165) is 198 Å². The molecule has 0 unspecified atom stereocenters. The molecule has 0 aliphatic carbocycles. The van der Waals surface area contributed by atoms with E-state index in [-0.39, 0.29) is 57.5 Å². The number of benzene rings is 10. The Labute approximate surface area is 825 Å². The summed E-state index contributed by atoms with van der Waals surface area (Å²) in [5.41, 5.74) is 1.87. The van der Waals surface area contributed by atoms with Crippen molar-refractivity contribution in [2.45, 2.75) is 262 Å². The molecule has 0 aromatic heterocycles. The van der Waals surface area contributed by atoms with E-state index in [4.69, 9.17) is 71.1 Å². The average molecular weight is 1940 g/mol. The van der Waals surface area contributed by atoms with Gasteiger partial charge in [-0.15, -0.1) is 0 Å². The van der Waals surface area contributed by atoms with Crippen LogP contribution in [0.1, 0.15) is 314 Å². The van der Waals surface area contributed by atoms with E-state index in [0.29, 0.717) is 117 Å². The molecule has 0 saturated heterocycles. The second kappa shape index (κ2) is 70.8. The molecule has 10 aromatic carbocycles. The lowest BCUT2D eigenvalue weighted by Crippen LogP contribution is -2.09. The number of unbranched alkanes of at least 4 members (excludes halogenated alkanes) is 21. The molecule has 25 heteroatoms. The number of hydrogen-bond acceptors (Lipinski definition) is 20. The number of halogens is 5. The Balaban J connectivity index is 0.000000268. The average Bonchev–Trinajstić information content (AvgIpc) is 0.863. The molecule has 10 rings (SSSR count). The van der Waals surface area contributed by atoms with Crippen LogP contribution in [0.2, 0.25) is 0 Å². The monoisotopic (exact) mass is 1940 g/mol. The van der Waals surface area contributed by atoms with Gasteiger partial charge in [0.1, 0.15) is 57.5 Å². The first-order chi connectivity index (χ1) is 68.2. The Hall–Kier alpha value is -12.8. The number of esters is 5. The first kappa shape index (κ1) is 116. The summed E-state index contributed by atoms with van der Waals surface area (Å²) >= 11 is 0. The minimum atomic E-state index is -0.555. The van der Waals surface area contributed by atoms with E-state index in [9.17, 15) is 45.9 Å². The molecule has 0 radical (unpaired) electrons. The number of carbonyl (C=O) groups is 5. The molecule has 0 atom stereocenters. The van der Waals surface area contributed by atoms with Gasteiger partial charge in [-0.25, -0.2) is 45.9 Å². The molecule has 140 heavy (non-hydrogen) atoms. The van der Waals surface area contributed by atoms with Crippen molar-refractivity contribution in [3.63, 3.8) is 0 Å². The van der Waals surface area contributed by atoms with Crippen molar-refractivity contribution >= 4 is 29.8 Å². The van der Waals surface area contributed by atoms with Crippen molar-refractivity contribution in [2.75, 3.05) is 66.1 Å². The van der Waals surface area contributed by atoms with Crippen LogP contribution in [-0.2, 0) is 0 Å². The highest BCUT2D eigenvalue weighted by Gasteiger charge is 2.20. The third kappa shape index (κ3) is 47.2. The third-order valence-corrected chi connectivity index (χ3v) is 21.1. The van der Waals surface area contributed by atoms with Crippen LogP contribution in [0, 0.1) is 29.1 Å². The minimum Gasteiger partial charge on any atom is -0.494 e. The quantitative estimate of drug-likeness (QED) is 0.0149. The smallest absolute Gasteiger partial charge is 0.343 e. The molecule has 10 aromatic rings. The number of ether oxygens (including phenoxy) is 15. The van der Waals surface area contributed by atoms with Crippen molar-refractivity contribution < 1.29 is 117 Å². The fourth-order valence-corrected chi connectivity index (χ4v) is 13.1. The lowest BCUT2D eigenvalue weighted by atomic mass is 10.2. The Morgan fingerprint density at radius 3 is 0.521 bits per heavy atom. The van der Waals surface area contributed by atoms with E-state index in [1.807, 2.05) is 13.8 Å². The summed E-state index contributed by atoms with van der Waals surface area (Å²) < 4.78 is 152. The lowest BCUT2D eigenvalue weighted by Gasteiger charge is -2.10.